The van der Waals surface area contributed by atoms with E-state index in [9.17, 15) is 14.7 Å². The highest BCUT2D eigenvalue weighted by Crippen LogP contribution is 2.62. The molecule has 5 rings (SSSR count). The van der Waals surface area contributed by atoms with Crippen molar-refractivity contribution < 1.29 is 19.4 Å². The molecule has 3 aliphatic carbocycles. The largest absolute Gasteiger partial charge is 0.497 e. The van der Waals surface area contributed by atoms with Crippen LogP contribution in [0.1, 0.15) is 67.4 Å². The van der Waals surface area contributed by atoms with Gasteiger partial charge in [-0.1, -0.05) is 13.0 Å². The van der Waals surface area contributed by atoms with Crippen molar-refractivity contribution in [3.05, 3.63) is 40.4 Å². The molecule has 7 heteroatoms. The lowest BCUT2D eigenvalue weighted by Crippen LogP contribution is -2.44. The Balaban J connectivity index is 1.31. The van der Waals surface area contributed by atoms with Gasteiger partial charge < -0.3 is 15.2 Å². The maximum absolute atomic E-state index is 13.3. The van der Waals surface area contributed by atoms with Crippen molar-refractivity contribution in [3.8, 4) is 5.75 Å². The molecule has 0 saturated heterocycles. The normalized spacial score (nSPS) is 32.0. The molecule has 2 saturated carbocycles. The predicted octanol–water partition coefficient (Wildman–Crippen LogP) is 4.89. The molecule has 4 unspecified atom stereocenters. The van der Waals surface area contributed by atoms with Crippen molar-refractivity contribution in [2.24, 2.45) is 23.2 Å². The van der Waals surface area contributed by atoms with Crippen LogP contribution in [0.4, 0.5) is 5.13 Å². The molecule has 34 heavy (non-hydrogen) atoms. The van der Waals surface area contributed by atoms with Gasteiger partial charge in [0, 0.05) is 22.9 Å². The van der Waals surface area contributed by atoms with Crippen LogP contribution < -0.4 is 10.1 Å². The third-order valence-electron chi connectivity index (χ3n) is 8.69. The Morgan fingerprint density at radius 2 is 2.18 bits per heavy atom. The summed E-state index contributed by atoms with van der Waals surface area (Å²) in [4.78, 5) is 30.9. The van der Waals surface area contributed by atoms with Gasteiger partial charge in [-0.05, 0) is 92.4 Å². The number of anilines is 1. The summed E-state index contributed by atoms with van der Waals surface area (Å²) in [6.07, 6.45) is 6.36. The molecule has 0 radical (unpaired) electrons. The second-order valence-electron chi connectivity index (χ2n) is 10.5. The topological polar surface area (TPSA) is 88.5 Å². The number of methoxy groups -OCH3 is 1. The number of carbonyl (C=O) groups is 2. The number of ketones is 1. The van der Waals surface area contributed by atoms with Crippen LogP contribution in [-0.2, 0) is 16.0 Å². The number of benzene rings is 1. The summed E-state index contributed by atoms with van der Waals surface area (Å²) in [6, 6.07) is 6.41. The zero-order chi connectivity index (χ0) is 24.0. The fourth-order valence-corrected chi connectivity index (χ4v) is 7.85. The minimum Gasteiger partial charge on any atom is -0.497 e. The zero-order valence-corrected chi connectivity index (χ0v) is 21.0. The van der Waals surface area contributed by atoms with Gasteiger partial charge in [-0.3, -0.25) is 9.59 Å². The number of amides is 1. The summed E-state index contributed by atoms with van der Waals surface area (Å²) in [5, 5.41) is 14.5. The lowest BCUT2D eigenvalue weighted by molar-refractivity contribution is -0.134. The maximum Gasteiger partial charge on any atom is 0.226 e. The number of Topliss-reactive ketones (excluding diaryl/α,β-unsaturated/α-hetero) is 1. The first-order chi connectivity index (χ1) is 16.3. The van der Waals surface area contributed by atoms with Crippen LogP contribution in [0.2, 0.25) is 0 Å². The Morgan fingerprint density at radius 1 is 1.35 bits per heavy atom. The summed E-state index contributed by atoms with van der Waals surface area (Å²) < 4.78 is 5.44. The molecule has 3 aliphatic rings. The summed E-state index contributed by atoms with van der Waals surface area (Å²) in [5.41, 5.74) is 2.29. The van der Waals surface area contributed by atoms with E-state index in [1.54, 1.807) is 13.3 Å². The summed E-state index contributed by atoms with van der Waals surface area (Å²) in [5.74, 6) is 1.74. The number of aliphatic hydroxyl groups excluding tert-OH is 1. The molecule has 6 nitrogen and oxygen atoms in total. The van der Waals surface area contributed by atoms with Crippen LogP contribution in [-0.4, -0.2) is 35.0 Å². The van der Waals surface area contributed by atoms with Crippen LogP contribution in [0.3, 0.4) is 0 Å². The fourth-order valence-electron chi connectivity index (χ4n) is 7.17. The van der Waals surface area contributed by atoms with Gasteiger partial charge in [0.05, 0.1) is 7.11 Å². The van der Waals surface area contributed by atoms with E-state index in [1.807, 2.05) is 13.0 Å². The molecule has 0 spiro atoms. The molecular weight excluding hydrogens is 448 g/mol. The number of nitrogens with one attached hydrogen (secondary N) is 1. The van der Waals surface area contributed by atoms with E-state index < -0.39 is 11.5 Å². The second-order valence-corrected chi connectivity index (χ2v) is 11.8. The Labute approximate surface area is 205 Å². The third kappa shape index (κ3) is 3.97. The Morgan fingerprint density at radius 3 is 2.91 bits per heavy atom. The van der Waals surface area contributed by atoms with Gasteiger partial charge in [-0.2, -0.15) is 0 Å². The van der Waals surface area contributed by atoms with Crippen molar-refractivity contribution >= 4 is 28.2 Å². The number of hydrogen-bond acceptors (Lipinski definition) is 6. The minimum atomic E-state index is -0.921. The van der Waals surface area contributed by atoms with Crippen LogP contribution >= 0.6 is 11.3 Å². The number of nitrogens with zero attached hydrogens (tertiary/aromatic N) is 1. The van der Waals surface area contributed by atoms with Crippen LogP contribution in [0.5, 0.6) is 5.75 Å². The zero-order valence-electron chi connectivity index (χ0n) is 20.2. The Bertz CT molecular complexity index is 1100. The first kappa shape index (κ1) is 23.5. The van der Waals surface area contributed by atoms with Gasteiger partial charge in [0.25, 0.3) is 0 Å². The first-order valence-electron chi connectivity index (χ1n) is 12.4. The quantitative estimate of drug-likeness (QED) is 0.612. The van der Waals surface area contributed by atoms with E-state index in [-0.39, 0.29) is 23.5 Å². The Kier molecular flexibility index (Phi) is 6.27. The average Bonchev–Trinajstić information content (AvgIpc) is 3.32. The summed E-state index contributed by atoms with van der Waals surface area (Å²) in [7, 11) is 1.70. The molecule has 2 fully saturated rings. The summed E-state index contributed by atoms with van der Waals surface area (Å²) >= 11 is 1.46. The second kappa shape index (κ2) is 9.08. The van der Waals surface area contributed by atoms with Crippen molar-refractivity contribution in [1.82, 2.24) is 4.98 Å². The molecule has 0 aliphatic heterocycles. The van der Waals surface area contributed by atoms with E-state index >= 15 is 0 Å². The molecule has 1 aromatic carbocycles. The number of aryl methyl sites for hydroxylation is 2. The highest BCUT2D eigenvalue weighted by Gasteiger charge is 2.62. The van der Waals surface area contributed by atoms with Gasteiger partial charge in [-0.15, -0.1) is 11.3 Å². The Hall–Kier alpha value is -2.25. The van der Waals surface area contributed by atoms with E-state index in [2.05, 4.69) is 29.4 Å². The highest BCUT2D eigenvalue weighted by molar-refractivity contribution is 7.15. The average molecular weight is 483 g/mol. The third-order valence-corrected chi connectivity index (χ3v) is 9.52. The number of aromatic nitrogens is 1. The van der Waals surface area contributed by atoms with Crippen molar-refractivity contribution in [1.29, 1.82) is 0 Å². The van der Waals surface area contributed by atoms with E-state index in [1.165, 1.54) is 22.5 Å². The maximum atomic E-state index is 13.3. The van der Waals surface area contributed by atoms with Gasteiger partial charge in [0.1, 0.15) is 11.9 Å². The molecular formula is C27H34N2O4S. The van der Waals surface area contributed by atoms with Crippen molar-refractivity contribution in [2.45, 2.75) is 70.8 Å². The lowest BCUT2D eigenvalue weighted by Gasteiger charge is -2.49. The van der Waals surface area contributed by atoms with Crippen LogP contribution in [0, 0.1) is 30.1 Å². The minimum absolute atomic E-state index is 0.0178. The number of rotatable bonds is 6. The first-order valence-corrected chi connectivity index (χ1v) is 13.2. The van der Waals surface area contributed by atoms with E-state index in [4.69, 9.17) is 4.74 Å². The molecule has 1 amide bonds. The number of hydrogen-bond donors (Lipinski definition) is 2. The lowest BCUT2D eigenvalue weighted by atomic mass is 9.54. The van der Waals surface area contributed by atoms with Gasteiger partial charge in [0.2, 0.25) is 5.91 Å². The van der Waals surface area contributed by atoms with Gasteiger partial charge in [0.15, 0.2) is 10.9 Å². The number of carbonyl (C=O) groups excluding carboxylic acids is 2. The monoisotopic (exact) mass is 482 g/mol. The smallest absolute Gasteiger partial charge is 0.226 e. The van der Waals surface area contributed by atoms with Gasteiger partial charge >= 0.3 is 0 Å². The standard InChI is InChI=1S/C27H34N2O4S/c1-15-14-28-26(34-15)29-22(30)6-4-5-21-23-20-9-7-16-13-17(33-3)8-10-18(16)19(20)11-12-27(23,2)25(32)24(21)31/h8,10,13-14,19-21,23-24,31H,4-7,9,11-12H2,1-3H3,(H,28,29,30)/t19?,20?,21-,23?,24?,27-/m0/s1. The summed E-state index contributed by atoms with van der Waals surface area (Å²) in [6.45, 7) is 4.04. The molecule has 2 aromatic rings. The highest BCUT2D eigenvalue weighted by atomic mass is 32.1. The molecule has 1 aromatic heterocycles. The number of thiazole rings is 1. The van der Waals surface area contributed by atoms with Gasteiger partial charge in [-0.25, -0.2) is 4.98 Å². The molecule has 2 N–H and O–H groups in total. The van der Waals surface area contributed by atoms with E-state index in [0.717, 1.165) is 36.3 Å². The predicted molar refractivity (Wildman–Crippen MR) is 132 cm³/mol. The molecule has 0 bridgehead atoms. The molecule has 182 valence electrons. The van der Waals surface area contributed by atoms with Crippen LogP contribution in [0.25, 0.3) is 0 Å². The SMILES string of the molecule is COc1ccc2c(c1)CCC1C2CC[C@]2(C)C(=O)C(O)[C@@H](CCCC(=O)Nc3ncc(C)s3)C12. The van der Waals surface area contributed by atoms with E-state index in [0.29, 0.717) is 36.2 Å². The number of fused-ring (bicyclic) bond motifs is 5. The number of ether oxygens (including phenoxy) is 1. The number of aliphatic hydroxyl groups is 1. The van der Waals surface area contributed by atoms with Crippen molar-refractivity contribution in [3.63, 3.8) is 0 Å². The van der Waals surface area contributed by atoms with Crippen molar-refractivity contribution in [2.75, 3.05) is 12.4 Å². The molecule has 1 heterocycles. The van der Waals surface area contributed by atoms with Crippen LogP contribution in [0.15, 0.2) is 24.4 Å². The fraction of sp³-hybridized carbons (Fsp3) is 0.593. The molecule has 6 atom stereocenters.